The van der Waals surface area contributed by atoms with E-state index >= 15 is 4.39 Å². The smallest absolute Gasteiger partial charge is 0.475 e. The number of aromatic nitrogens is 1. The first kappa shape index (κ1) is 57.7. The lowest BCUT2D eigenvalue weighted by Gasteiger charge is -2.41. The number of nitrogens with zero attached hydrogens (tertiary/aromatic N) is 3. The van der Waals surface area contributed by atoms with Crippen molar-refractivity contribution in [1.82, 2.24) is 25.0 Å². The monoisotopic (exact) mass is 994 g/mol. The third-order valence-electron chi connectivity index (χ3n) is 10.3. The van der Waals surface area contributed by atoms with Gasteiger partial charge in [0, 0.05) is 86.5 Å². The lowest BCUT2D eigenvalue weighted by atomic mass is 9.83. The molecule has 21 heteroatoms. The molecule has 4 rings (SSSR count). The number of thioether (sulfide) groups is 1. The number of aliphatic carboxylic acids is 1. The summed E-state index contributed by atoms with van der Waals surface area (Å²) in [6.45, 7) is 9.76. The molecule has 3 aromatic rings. The number of nitrogens with one attached hydrogen (secondary N) is 2. The second kappa shape index (κ2) is 29.4. The van der Waals surface area contributed by atoms with E-state index in [-0.39, 0.29) is 47.3 Å². The van der Waals surface area contributed by atoms with Crippen LogP contribution in [0.5, 0.6) is 0 Å². The summed E-state index contributed by atoms with van der Waals surface area (Å²) in [6.07, 6.45) is 2.45. The van der Waals surface area contributed by atoms with Crippen LogP contribution in [0.2, 0.25) is 0 Å². The molecule has 0 saturated heterocycles. The summed E-state index contributed by atoms with van der Waals surface area (Å²) in [5.74, 6) is -4.19. The highest BCUT2D eigenvalue weighted by atomic mass is 32.2. The van der Waals surface area contributed by atoms with Crippen molar-refractivity contribution >= 4 is 47.3 Å². The molecule has 5 amide bonds. The van der Waals surface area contributed by atoms with Gasteiger partial charge in [0.05, 0.1) is 38.2 Å². The number of rotatable bonds is 28. The summed E-state index contributed by atoms with van der Waals surface area (Å²) in [4.78, 5) is 73.7. The molecular formula is C48H63F5N6O9S. The molecule has 2 aromatic carbocycles. The van der Waals surface area contributed by atoms with Crippen LogP contribution in [0.15, 0.2) is 72.9 Å². The zero-order chi connectivity index (χ0) is 51.0. The lowest BCUT2D eigenvalue weighted by molar-refractivity contribution is -0.192. The summed E-state index contributed by atoms with van der Waals surface area (Å²) < 4.78 is 74.2. The number of alkyl halides is 3. The van der Waals surface area contributed by atoms with Crippen LogP contribution in [0.3, 0.4) is 0 Å². The number of carboxylic acids is 1. The molecule has 0 aliphatic carbocycles. The minimum Gasteiger partial charge on any atom is -0.475 e. The standard InChI is InChI=1S/C46H62F2N6O7S.C2HF3O2/c1-46(2,3)45(39-29-35(37-30-36(47)14-15-38(37)48)32-52(39)31-34-11-6-4-7-12-34)54(23-10-19-49)44(59)33-62-28-18-41(56)51-21-25-61-27-26-60-24-20-50-40(55)13-8-5-9-22-53-42(57)16-17-43(53)58;3-2(4,5)1(6)7/h4,6-7,11-12,14-17,29-30,32,45H,5,8-10,13,18-28,31,33,49H2,1-3H3,(H,50,55)(H,51,56);(H,6,7). The van der Waals surface area contributed by atoms with E-state index in [0.717, 1.165) is 29.8 Å². The van der Waals surface area contributed by atoms with E-state index in [9.17, 15) is 41.5 Å². The van der Waals surface area contributed by atoms with E-state index < -0.39 is 35.2 Å². The topological polar surface area (TPSA) is 203 Å². The van der Waals surface area contributed by atoms with E-state index in [1.54, 1.807) is 0 Å². The van der Waals surface area contributed by atoms with Crippen molar-refractivity contribution in [1.29, 1.82) is 0 Å². The average molecular weight is 995 g/mol. The third-order valence-corrected chi connectivity index (χ3v) is 11.3. The molecular weight excluding hydrogens is 932 g/mol. The largest absolute Gasteiger partial charge is 0.490 e. The normalized spacial score (nSPS) is 13.0. The number of carbonyl (C=O) groups excluding carboxylic acids is 5. The SMILES string of the molecule is CC(C)(C)C(c1cc(-c2cc(F)ccc2F)cn1Cc1ccccc1)N(CCCN)C(=O)CSCCC(=O)NCCOCCOCCNC(=O)CCCCCN1C(=O)C=CC1=O.O=C(O)C(F)(F)F. The molecule has 69 heavy (non-hydrogen) atoms. The minimum atomic E-state index is -5.08. The Balaban J connectivity index is 0.00000167. The minimum absolute atomic E-state index is 0.0848. The molecule has 0 spiro atoms. The molecule has 1 unspecified atom stereocenters. The Morgan fingerprint density at radius 3 is 2.01 bits per heavy atom. The fraction of sp³-hybridized carbons (Fsp3) is 0.500. The van der Waals surface area contributed by atoms with Crippen molar-refractivity contribution in [3.05, 3.63) is 95.8 Å². The van der Waals surface area contributed by atoms with E-state index in [2.05, 4.69) is 31.4 Å². The quantitative estimate of drug-likeness (QED) is 0.0364. The van der Waals surface area contributed by atoms with Gasteiger partial charge in [-0.25, -0.2) is 13.6 Å². The number of imide groups is 1. The zero-order valence-corrected chi connectivity index (χ0v) is 40.0. The number of hydrogen-bond donors (Lipinski definition) is 4. The van der Waals surface area contributed by atoms with Crippen molar-refractivity contribution in [3.8, 4) is 11.1 Å². The van der Waals surface area contributed by atoms with Crippen molar-refractivity contribution < 1.29 is 65.3 Å². The summed E-state index contributed by atoms with van der Waals surface area (Å²) in [6, 6.07) is 14.6. The Labute approximate surface area is 403 Å². The van der Waals surface area contributed by atoms with Crippen molar-refractivity contribution in [3.63, 3.8) is 0 Å². The Morgan fingerprint density at radius 2 is 1.43 bits per heavy atom. The predicted octanol–water partition coefficient (Wildman–Crippen LogP) is 6.25. The van der Waals surface area contributed by atoms with Crippen LogP contribution in [0.1, 0.15) is 76.6 Å². The highest BCUT2D eigenvalue weighted by Crippen LogP contribution is 2.41. The first-order chi connectivity index (χ1) is 32.7. The predicted molar refractivity (Wildman–Crippen MR) is 251 cm³/mol. The number of nitrogens with two attached hydrogens (primary N) is 1. The number of carbonyl (C=O) groups is 6. The summed E-state index contributed by atoms with van der Waals surface area (Å²) in [5.41, 5.74) is 7.95. The van der Waals surface area contributed by atoms with Gasteiger partial charge in [0.25, 0.3) is 11.8 Å². The molecule has 2 heterocycles. The molecule has 380 valence electrons. The van der Waals surface area contributed by atoms with Crippen molar-refractivity contribution in [2.45, 2.75) is 78.1 Å². The van der Waals surface area contributed by atoms with Crippen LogP contribution in [0, 0.1) is 17.0 Å². The summed E-state index contributed by atoms with van der Waals surface area (Å²) in [7, 11) is 0. The first-order valence-electron chi connectivity index (χ1n) is 22.5. The van der Waals surface area contributed by atoms with Crippen LogP contribution >= 0.6 is 11.8 Å². The Bertz CT molecular complexity index is 2150. The van der Waals surface area contributed by atoms with Gasteiger partial charge in [-0.2, -0.15) is 24.9 Å². The molecule has 0 fully saturated rings. The molecule has 0 bridgehead atoms. The number of benzene rings is 2. The fourth-order valence-electron chi connectivity index (χ4n) is 7.09. The van der Waals surface area contributed by atoms with E-state index in [0.29, 0.717) is 103 Å². The van der Waals surface area contributed by atoms with Crippen LogP contribution in [0.25, 0.3) is 11.1 Å². The van der Waals surface area contributed by atoms with E-state index in [1.165, 1.54) is 34.9 Å². The summed E-state index contributed by atoms with van der Waals surface area (Å²) >= 11 is 1.38. The van der Waals surface area contributed by atoms with Gasteiger partial charge in [-0.05, 0) is 61.1 Å². The maximum Gasteiger partial charge on any atom is 0.490 e. The van der Waals surface area contributed by atoms with E-state index in [4.69, 9.17) is 25.1 Å². The maximum absolute atomic E-state index is 15.1. The molecule has 5 N–H and O–H groups in total. The molecule has 1 aliphatic rings. The first-order valence-corrected chi connectivity index (χ1v) is 23.7. The van der Waals surface area contributed by atoms with Gasteiger partial charge >= 0.3 is 12.1 Å². The highest BCUT2D eigenvalue weighted by molar-refractivity contribution is 7.99. The number of carboxylic acid groups (broad SMARTS) is 1. The van der Waals surface area contributed by atoms with Gasteiger partial charge in [-0.15, -0.1) is 0 Å². The Morgan fingerprint density at radius 1 is 0.826 bits per heavy atom. The van der Waals surface area contributed by atoms with Crippen LogP contribution in [-0.4, -0.2) is 132 Å². The van der Waals surface area contributed by atoms with Crippen LogP contribution in [0.4, 0.5) is 22.0 Å². The zero-order valence-electron chi connectivity index (χ0n) is 39.2. The molecule has 0 radical (unpaired) electrons. The van der Waals surface area contributed by atoms with Crippen LogP contribution in [-0.2, 0) is 44.8 Å². The fourth-order valence-corrected chi connectivity index (χ4v) is 7.90. The lowest BCUT2D eigenvalue weighted by Crippen LogP contribution is -2.44. The molecule has 1 atom stereocenters. The Kier molecular flexibility index (Phi) is 24.6. The molecule has 15 nitrogen and oxygen atoms in total. The van der Waals surface area contributed by atoms with Gasteiger partial charge in [-0.1, -0.05) is 57.5 Å². The number of amides is 5. The Hall–Kier alpha value is -5.64. The molecule has 1 aromatic heterocycles. The number of ether oxygens (including phenoxy) is 2. The third kappa shape index (κ3) is 20.9. The van der Waals surface area contributed by atoms with Crippen molar-refractivity contribution in [2.24, 2.45) is 11.1 Å². The van der Waals surface area contributed by atoms with Gasteiger partial charge in [0.1, 0.15) is 11.6 Å². The molecule has 0 saturated carbocycles. The van der Waals surface area contributed by atoms with Gasteiger partial charge in [0.15, 0.2) is 0 Å². The maximum atomic E-state index is 15.1. The van der Waals surface area contributed by atoms with Crippen molar-refractivity contribution in [2.75, 3.05) is 70.7 Å². The van der Waals surface area contributed by atoms with E-state index in [1.807, 2.05) is 52.1 Å². The number of unbranched alkanes of at least 4 members (excludes halogenated alkanes) is 2. The second-order valence-corrected chi connectivity index (χ2v) is 18.0. The van der Waals surface area contributed by atoms with Gasteiger partial charge in [-0.3, -0.25) is 28.9 Å². The molecule has 1 aliphatic heterocycles. The highest BCUT2D eigenvalue weighted by Gasteiger charge is 2.39. The second-order valence-electron chi connectivity index (χ2n) is 16.9. The van der Waals surface area contributed by atoms with Gasteiger partial charge in [0.2, 0.25) is 17.7 Å². The number of halogens is 5. The summed E-state index contributed by atoms with van der Waals surface area (Å²) in [5, 5.41) is 12.8. The van der Waals surface area contributed by atoms with Crippen LogP contribution < -0.4 is 16.4 Å². The number of hydrogen-bond acceptors (Lipinski definition) is 10. The average Bonchev–Trinajstić information content (AvgIpc) is 3.84. The van der Waals surface area contributed by atoms with Gasteiger partial charge < -0.3 is 40.4 Å².